The average molecular weight is 513 g/mol. The molecule has 0 aromatic heterocycles. The van der Waals surface area contributed by atoms with Crippen LogP contribution in [0.15, 0.2) is 0 Å². The van der Waals surface area contributed by atoms with Crippen molar-refractivity contribution in [2.75, 3.05) is 19.0 Å². The first-order valence-corrected chi connectivity index (χ1v) is 13.6. The molecule has 0 aromatic carbocycles. The molecule has 0 spiro atoms. The maximum Gasteiger partial charge on any atom is 0.187 e. The summed E-state index contributed by atoms with van der Waals surface area (Å²) in [5.41, 5.74) is -0.754. The molecule has 2 rings (SSSR count). The van der Waals surface area contributed by atoms with E-state index in [2.05, 4.69) is 6.92 Å². The van der Waals surface area contributed by atoms with Crippen LogP contribution in [0.5, 0.6) is 0 Å². The molecular formula is C23H44O10S. The monoisotopic (exact) mass is 512 g/mol. The molecule has 0 bridgehead atoms. The minimum atomic E-state index is -1.67. The maximum atomic E-state index is 10.7. The molecule has 0 unspecified atom stereocenters. The molecule has 2 heterocycles. The lowest BCUT2D eigenvalue weighted by Gasteiger charge is -2.46. The zero-order chi connectivity index (χ0) is 25.1. The van der Waals surface area contributed by atoms with Gasteiger partial charge in [0.2, 0.25) is 0 Å². The summed E-state index contributed by atoms with van der Waals surface area (Å²) in [5, 5.41) is 70.3. The van der Waals surface area contributed by atoms with Crippen LogP contribution in [-0.2, 0) is 14.2 Å². The number of hydrogen-bond acceptors (Lipinski definition) is 11. The lowest BCUT2D eigenvalue weighted by molar-refractivity contribution is -0.338. The molecule has 2 saturated heterocycles. The van der Waals surface area contributed by atoms with Gasteiger partial charge in [-0.25, -0.2) is 0 Å². The maximum absolute atomic E-state index is 10.7. The molecule has 0 radical (unpaired) electrons. The van der Waals surface area contributed by atoms with Gasteiger partial charge in [0.25, 0.3) is 0 Å². The molecular weight excluding hydrogens is 468 g/mol. The molecule has 34 heavy (non-hydrogen) atoms. The van der Waals surface area contributed by atoms with Gasteiger partial charge in [0.15, 0.2) is 6.29 Å². The van der Waals surface area contributed by atoms with E-state index in [0.717, 1.165) is 25.0 Å². The van der Waals surface area contributed by atoms with Gasteiger partial charge in [-0.1, -0.05) is 58.3 Å². The summed E-state index contributed by atoms with van der Waals surface area (Å²) >= 11 is 1.37. The van der Waals surface area contributed by atoms with Crippen molar-refractivity contribution in [3.05, 3.63) is 0 Å². The van der Waals surface area contributed by atoms with Crippen LogP contribution in [0.1, 0.15) is 64.7 Å². The highest BCUT2D eigenvalue weighted by atomic mass is 32.2. The number of rotatable bonds is 15. The molecule has 2 aliphatic rings. The Hall–Kier alpha value is -0.0500. The smallest absolute Gasteiger partial charge is 0.187 e. The Morgan fingerprint density at radius 2 is 1.24 bits per heavy atom. The van der Waals surface area contributed by atoms with Crippen molar-refractivity contribution in [2.24, 2.45) is 0 Å². The first kappa shape index (κ1) is 30.2. The first-order valence-electron chi connectivity index (χ1n) is 12.6. The summed E-state index contributed by atoms with van der Waals surface area (Å²) in [6.07, 6.45) is -1.73. The zero-order valence-electron chi connectivity index (χ0n) is 20.0. The third kappa shape index (κ3) is 8.52. The number of aliphatic hydroxyl groups is 7. The van der Waals surface area contributed by atoms with Crippen molar-refractivity contribution in [2.45, 2.75) is 125 Å². The Balaban J connectivity index is 1.78. The Morgan fingerprint density at radius 1 is 0.647 bits per heavy atom. The fourth-order valence-electron chi connectivity index (χ4n) is 4.31. The van der Waals surface area contributed by atoms with E-state index in [1.54, 1.807) is 0 Å². The van der Waals surface area contributed by atoms with Crippen LogP contribution in [-0.4, -0.2) is 115 Å². The van der Waals surface area contributed by atoms with Crippen molar-refractivity contribution >= 4 is 11.8 Å². The summed E-state index contributed by atoms with van der Waals surface area (Å²) in [7, 11) is 0. The molecule has 10 nitrogen and oxygen atoms in total. The largest absolute Gasteiger partial charge is 0.394 e. The average Bonchev–Trinajstić information content (AvgIpc) is 2.84. The fourth-order valence-corrected chi connectivity index (χ4v) is 5.49. The van der Waals surface area contributed by atoms with Gasteiger partial charge in [0.05, 0.1) is 13.2 Å². The predicted molar refractivity (Wildman–Crippen MR) is 126 cm³/mol. The van der Waals surface area contributed by atoms with E-state index in [-0.39, 0.29) is 0 Å². The lowest BCUT2D eigenvalue weighted by atomic mass is 9.97. The van der Waals surface area contributed by atoms with Gasteiger partial charge in [-0.05, 0) is 12.2 Å². The van der Waals surface area contributed by atoms with E-state index in [1.165, 1.54) is 50.3 Å². The number of hydrogen-bond donors (Lipinski definition) is 7. The molecule has 202 valence electrons. The van der Waals surface area contributed by atoms with E-state index in [0.29, 0.717) is 0 Å². The van der Waals surface area contributed by atoms with Crippen LogP contribution in [0.25, 0.3) is 0 Å². The summed E-state index contributed by atoms with van der Waals surface area (Å²) < 4.78 is 16.7. The van der Waals surface area contributed by atoms with Crippen LogP contribution in [0.3, 0.4) is 0 Å². The van der Waals surface area contributed by atoms with Crippen LogP contribution < -0.4 is 0 Å². The lowest BCUT2D eigenvalue weighted by Crippen LogP contribution is -2.64. The number of aliphatic hydroxyl groups excluding tert-OH is 7. The third-order valence-electron chi connectivity index (χ3n) is 6.49. The van der Waals surface area contributed by atoms with Gasteiger partial charge >= 0.3 is 0 Å². The van der Waals surface area contributed by atoms with E-state index in [9.17, 15) is 35.7 Å². The summed E-state index contributed by atoms with van der Waals surface area (Å²) in [6, 6.07) is 0. The molecule has 7 N–H and O–H groups in total. The highest BCUT2D eigenvalue weighted by molar-refractivity contribution is 7.99. The standard InChI is InChI=1S/C23H44O10S/c1-2-3-4-5-6-7-8-9-10-11-34-23-20(30)18(28)21(15(13-25)32-23)33-22-19(29)17(27)16(26)14(12-24)31-22/h14-30H,2-13H2,1H3/t14-,15-,16-,17+,18-,19-,20-,21-,22-,23+/m1/s1. The van der Waals surface area contributed by atoms with Crippen molar-refractivity contribution < 1.29 is 50.0 Å². The van der Waals surface area contributed by atoms with Gasteiger partial charge < -0.3 is 50.0 Å². The number of thioether (sulfide) groups is 1. The second-order valence-electron chi connectivity index (χ2n) is 9.20. The SMILES string of the molecule is CCCCCCCCCCCS[C@@H]1O[C@H](CO)[C@@H](O[C@H]2O[C@H](CO)[C@@H](O)[C@H](O)[C@H]2O)[C@H](O)[C@H]1O. The third-order valence-corrected chi connectivity index (χ3v) is 7.73. The molecule has 0 amide bonds. The van der Waals surface area contributed by atoms with Crippen LogP contribution in [0.2, 0.25) is 0 Å². The van der Waals surface area contributed by atoms with Crippen LogP contribution in [0.4, 0.5) is 0 Å². The summed E-state index contributed by atoms with van der Waals surface area (Å²) in [6.45, 7) is 1.07. The predicted octanol–water partition coefficient (Wildman–Crippen LogP) is -0.125. The highest BCUT2D eigenvalue weighted by Gasteiger charge is 2.50. The molecule has 2 aliphatic heterocycles. The van der Waals surface area contributed by atoms with E-state index in [4.69, 9.17) is 14.2 Å². The first-order chi connectivity index (χ1) is 16.3. The summed E-state index contributed by atoms with van der Waals surface area (Å²) in [5.74, 6) is 0.737. The fraction of sp³-hybridized carbons (Fsp3) is 1.00. The van der Waals surface area contributed by atoms with Crippen molar-refractivity contribution in [1.29, 1.82) is 0 Å². The minimum absolute atomic E-state index is 0.513. The van der Waals surface area contributed by atoms with Crippen LogP contribution >= 0.6 is 11.8 Å². The molecule has 10 atom stereocenters. The topological polar surface area (TPSA) is 169 Å². The molecule has 2 fully saturated rings. The van der Waals surface area contributed by atoms with E-state index < -0.39 is 73.8 Å². The van der Waals surface area contributed by atoms with Crippen molar-refractivity contribution in [1.82, 2.24) is 0 Å². The molecule has 0 aliphatic carbocycles. The van der Waals surface area contributed by atoms with Crippen molar-refractivity contribution in [3.8, 4) is 0 Å². The van der Waals surface area contributed by atoms with Crippen LogP contribution in [0, 0.1) is 0 Å². The molecule has 11 heteroatoms. The van der Waals surface area contributed by atoms with Gasteiger partial charge in [-0.15, -0.1) is 11.8 Å². The van der Waals surface area contributed by atoms with E-state index in [1.807, 2.05) is 0 Å². The summed E-state index contributed by atoms with van der Waals surface area (Å²) in [4.78, 5) is 0. The van der Waals surface area contributed by atoms with Gasteiger partial charge in [-0.2, -0.15) is 0 Å². The Kier molecular flexibility index (Phi) is 14.1. The normalized spacial score (nSPS) is 38.8. The molecule has 0 saturated carbocycles. The van der Waals surface area contributed by atoms with Gasteiger partial charge in [0, 0.05) is 0 Å². The Morgan fingerprint density at radius 3 is 1.82 bits per heavy atom. The van der Waals surface area contributed by atoms with Gasteiger partial charge in [-0.3, -0.25) is 0 Å². The zero-order valence-corrected chi connectivity index (χ0v) is 20.8. The number of ether oxygens (including phenoxy) is 3. The quantitative estimate of drug-likeness (QED) is 0.146. The van der Waals surface area contributed by atoms with E-state index >= 15 is 0 Å². The highest BCUT2D eigenvalue weighted by Crippen LogP contribution is 2.33. The second kappa shape index (κ2) is 15.9. The van der Waals surface area contributed by atoms with Gasteiger partial charge in [0.1, 0.15) is 54.3 Å². The molecule has 0 aromatic rings. The van der Waals surface area contributed by atoms with Crippen molar-refractivity contribution in [3.63, 3.8) is 0 Å². The minimum Gasteiger partial charge on any atom is -0.394 e. The Bertz CT molecular complexity index is 540. The number of unbranched alkanes of at least 4 members (excludes halogenated alkanes) is 8. The Labute approximate surface area is 206 Å². The second-order valence-corrected chi connectivity index (χ2v) is 10.4.